The second-order valence-corrected chi connectivity index (χ2v) is 4.93. The lowest BCUT2D eigenvalue weighted by atomic mass is 9.97. The number of aliphatic hydroxyl groups is 1. The van der Waals surface area contributed by atoms with Gasteiger partial charge in [0.15, 0.2) is 0 Å². The van der Waals surface area contributed by atoms with Crippen LogP contribution in [0.2, 0.25) is 0 Å². The zero-order chi connectivity index (χ0) is 12.7. The van der Waals surface area contributed by atoms with Crippen molar-refractivity contribution in [3.8, 4) is 0 Å². The molecule has 1 aliphatic heterocycles. The zero-order valence-electron chi connectivity index (χ0n) is 11.1. The summed E-state index contributed by atoms with van der Waals surface area (Å²) in [6.07, 6.45) is 5.04. The summed E-state index contributed by atoms with van der Waals surface area (Å²) in [6, 6.07) is 0.000142. The Labute approximate surface area is 104 Å². The van der Waals surface area contributed by atoms with Gasteiger partial charge >= 0.3 is 0 Å². The lowest BCUT2D eigenvalue weighted by Crippen LogP contribution is -2.50. The van der Waals surface area contributed by atoms with E-state index < -0.39 is 0 Å². The van der Waals surface area contributed by atoms with E-state index in [1.54, 1.807) is 0 Å². The third-order valence-electron chi connectivity index (χ3n) is 3.59. The summed E-state index contributed by atoms with van der Waals surface area (Å²) >= 11 is 0. The quantitative estimate of drug-likeness (QED) is 0.700. The number of hydrogen-bond donors (Lipinski definition) is 2. The summed E-state index contributed by atoms with van der Waals surface area (Å²) in [5, 5.41) is 12.1. The lowest BCUT2D eigenvalue weighted by Gasteiger charge is -2.34. The monoisotopic (exact) mass is 242 g/mol. The highest BCUT2D eigenvalue weighted by Gasteiger charge is 2.28. The first-order valence-electron chi connectivity index (χ1n) is 6.79. The molecule has 0 bridgehead atoms. The SMILES string of the molecule is CCCC(CCO)CN1CCCC(NC)C1=O. The van der Waals surface area contributed by atoms with Crippen LogP contribution >= 0.6 is 0 Å². The van der Waals surface area contributed by atoms with Crippen LogP contribution in [0.3, 0.4) is 0 Å². The number of likely N-dealkylation sites (tertiary alicyclic amines) is 1. The van der Waals surface area contributed by atoms with Crippen molar-refractivity contribution in [3.05, 3.63) is 0 Å². The summed E-state index contributed by atoms with van der Waals surface area (Å²) in [6.45, 7) is 4.06. The van der Waals surface area contributed by atoms with Crippen molar-refractivity contribution in [1.29, 1.82) is 0 Å². The van der Waals surface area contributed by atoms with Crippen LogP contribution in [-0.4, -0.2) is 48.7 Å². The van der Waals surface area contributed by atoms with Crippen LogP contribution in [0.1, 0.15) is 39.0 Å². The molecule has 0 aromatic heterocycles. The molecular weight excluding hydrogens is 216 g/mol. The van der Waals surface area contributed by atoms with Crippen molar-refractivity contribution in [3.63, 3.8) is 0 Å². The van der Waals surface area contributed by atoms with Crippen molar-refractivity contribution in [2.45, 2.75) is 45.1 Å². The number of rotatable bonds is 7. The molecule has 0 spiro atoms. The van der Waals surface area contributed by atoms with Crippen molar-refractivity contribution in [2.24, 2.45) is 5.92 Å². The van der Waals surface area contributed by atoms with Gasteiger partial charge in [0.25, 0.3) is 0 Å². The molecule has 0 aliphatic carbocycles. The predicted molar refractivity (Wildman–Crippen MR) is 68.8 cm³/mol. The van der Waals surface area contributed by atoms with E-state index >= 15 is 0 Å². The molecule has 2 unspecified atom stereocenters. The molecule has 4 nitrogen and oxygen atoms in total. The average Bonchev–Trinajstić information content (AvgIpc) is 2.32. The van der Waals surface area contributed by atoms with Gasteiger partial charge in [0.05, 0.1) is 6.04 Å². The fourth-order valence-corrected chi connectivity index (χ4v) is 2.62. The van der Waals surface area contributed by atoms with Crippen molar-refractivity contribution in [1.82, 2.24) is 10.2 Å². The largest absolute Gasteiger partial charge is 0.396 e. The second kappa shape index (κ2) is 7.67. The number of nitrogens with one attached hydrogen (secondary N) is 1. The van der Waals surface area contributed by atoms with Crippen molar-refractivity contribution < 1.29 is 9.90 Å². The first-order chi connectivity index (χ1) is 8.22. The van der Waals surface area contributed by atoms with E-state index in [0.29, 0.717) is 5.92 Å². The molecule has 1 rings (SSSR count). The number of hydrogen-bond acceptors (Lipinski definition) is 3. The maximum absolute atomic E-state index is 12.1. The molecule has 4 heteroatoms. The molecule has 1 saturated heterocycles. The Hall–Kier alpha value is -0.610. The van der Waals surface area contributed by atoms with E-state index in [9.17, 15) is 4.79 Å². The molecule has 1 aliphatic rings. The van der Waals surface area contributed by atoms with Gasteiger partial charge in [-0.25, -0.2) is 0 Å². The average molecular weight is 242 g/mol. The van der Waals surface area contributed by atoms with Crippen LogP contribution in [0.25, 0.3) is 0 Å². The summed E-state index contributed by atoms with van der Waals surface area (Å²) in [7, 11) is 1.85. The van der Waals surface area contributed by atoms with E-state index in [1.807, 2.05) is 11.9 Å². The molecule has 1 heterocycles. The van der Waals surface area contributed by atoms with Gasteiger partial charge in [0.1, 0.15) is 0 Å². The normalized spacial score (nSPS) is 22.9. The molecule has 0 saturated carbocycles. The molecule has 0 radical (unpaired) electrons. The highest BCUT2D eigenvalue weighted by molar-refractivity contribution is 5.82. The summed E-state index contributed by atoms with van der Waals surface area (Å²) in [5.41, 5.74) is 0. The summed E-state index contributed by atoms with van der Waals surface area (Å²) in [5.74, 6) is 0.683. The highest BCUT2D eigenvalue weighted by atomic mass is 16.3. The van der Waals surface area contributed by atoms with E-state index in [4.69, 9.17) is 5.11 Å². The zero-order valence-corrected chi connectivity index (χ0v) is 11.1. The number of piperidine rings is 1. The van der Waals surface area contributed by atoms with Gasteiger partial charge in [0, 0.05) is 19.7 Å². The van der Waals surface area contributed by atoms with E-state index in [1.165, 1.54) is 0 Å². The van der Waals surface area contributed by atoms with Crippen molar-refractivity contribution in [2.75, 3.05) is 26.7 Å². The second-order valence-electron chi connectivity index (χ2n) is 4.93. The van der Waals surface area contributed by atoms with Gasteiger partial charge in [0.2, 0.25) is 5.91 Å². The van der Waals surface area contributed by atoms with Gasteiger partial charge in [-0.2, -0.15) is 0 Å². The van der Waals surface area contributed by atoms with Crippen molar-refractivity contribution >= 4 is 5.91 Å². The lowest BCUT2D eigenvalue weighted by molar-refractivity contribution is -0.136. The van der Waals surface area contributed by atoms with Gasteiger partial charge in [-0.05, 0) is 38.6 Å². The van der Waals surface area contributed by atoms with E-state index in [0.717, 1.165) is 45.2 Å². The Morgan fingerprint density at radius 1 is 1.53 bits per heavy atom. The fourth-order valence-electron chi connectivity index (χ4n) is 2.62. The third-order valence-corrected chi connectivity index (χ3v) is 3.59. The molecule has 0 aromatic carbocycles. The molecule has 1 amide bonds. The van der Waals surface area contributed by atoms with Crippen LogP contribution in [-0.2, 0) is 4.79 Å². The molecule has 0 aromatic rings. The minimum atomic E-state index is 0.000142. The van der Waals surface area contributed by atoms with Gasteiger partial charge in [-0.3, -0.25) is 4.79 Å². The molecule has 100 valence electrons. The first-order valence-corrected chi connectivity index (χ1v) is 6.79. The Kier molecular flexibility index (Phi) is 6.52. The van der Waals surface area contributed by atoms with Crippen LogP contribution in [0.15, 0.2) is 0 Å². The third kappa shape index (κ3) is 4.28. The molecule has 1 fully saturated rings. The number of nitrogens with zero attached hydrogens (tertiary/aromatic N) is 1. The first kappa shape index (κ1) is 14.5. The fraction of sp³-hybridized carbons (Fsp3) is 0.923. The molecule has 2 atom stereocenters. The standard InChI is InChI=1S/C13H26N2O2/c1-3-5-11(7-9-16)10-15-8-4-6-12(14-2)13(15)17/h11-12,14,16H,3-10H2,1-2H3. The minimum absolute atomic E-state index is 0.000142. The Morgan fingerprint density at radius 2 is 2.29 bits per heavy atom. The minimum Gasteiger partial charge on any atom is -0.396 e. The maximum atomic E-state index is 12.1. The van der Waals surface area contributed by atoms with Gasteiger partial charge in [-0.1, -0.05) is 13.3 Å². The van der Waals surface area contributed by atoms with Crippen LogP contribution in [0.5, 0.6) is 0 Å². The number of carbonyl (C=O) groups is 1. The number of likely N-dealkylation sites (N-methyl/N-ethyl adjacent to an activating group) is 1. The Balaban J connectivity index is 2.49. The number of amides is 1. The maximum Gasteiger partial charge on any atom is 0.239 e. The predicted octanol–water partition coefficient (Wildman–Crippen LogP) is 0.995. The van der Waals surface area contributed by atoms with Gasteiger partial charge < -0.3 is 15.3 Å². The molecule has 2 N–H and O–H groups in total. The molecule has 17 heavy (non-hydrogen) atoms. The topological polar surface area (TPSA) is 52.6 Å². The Morgan fingerprint density at radius 3 is 2.88 bits per heavy atom. The van der Waals surface area contributed by atoms with Crippen LogP contribution in [0.4, 0.5) is 0 Å². The van der Waals surface area contributed by atoms with Crippen LogP contribution in [0, 0.1) is 5.92 Å². The number of carbonyl (C=O) groups excluding carboxylic acids is 1. The summed E-state index contributed by atoms with van der Waals surface area (Å²) in [4.78, 5) is 14.1. The van der Waals surface area contributed by atoms with E-state index in [2.05, 4.69) is 12.2 Å². The van der Waals surface area contributed by atoms with E-state index in [-0.39, 0.29) is 18.6 Å². The van der Waals surface area contributed by atoms with Crippen LogP contribution < -0.4 is 5.32 Å². The van der Waals surface area contributed by atoms with Gasteiger partial charge in [-0.15, -0.1) is 0 Å². The number of aliphatic hydroxyl groups excluding tert-OH is 1. The molecular formula is C13H26N2O2. The Bertz CT molecular complexity index is 227. The summed E-state index contributed by atoms with van der Waals surface area (Å²) < 4.78 is 0. The highest BCUT2D eigenvalue weighted by Crippen LogP contribution is 2.17. The smallest absolute Gasteiger partial charge is 0.239 e.